The third-order valence-corrected chi connectivity index (χ3v) is 3.68. The van der Waals surface area contributed by atoms with Crippen LogP contribution < -0.4 is 0 Å². The number of unbranched alkanes of at least 4 members (excludes halogenated alkanes) is 3. The van der Waals surface area contributed by atoms with E-state index in [2.05, 4.69) is 6.92 Å². The van der Waals surface area contributed by atoms with Crippen LogP contribution in [0.3, 0.4) is 0 Å². The first-order chi connectivity index (χ1) is 10.8. The highest BCUT2D eigenvalue weighted by Crippen LogP contribution is 2.31. The molecule has 0 aliphatic heterocycles. The highest BCUT2D eigenvalue weighted by atomic mass is 16.4. The minimum absolute atomic E-state index is 0.0359. The maximum absolute atomic E-state index is 10.8. The number of aliphatic hydroxyl groups excluding tert-OH is 2. The zero-order valence-electron chi connectivity index (χ0n) is 13.9. The largest absolute Gasteiger partial charge is 0.481 e. The molecule has 2 atom stereocenters. The third kappa shape index (κ3) is 8.52. The molecular formula is C17H28O6. The number of carbonyl (C=O) groups is 2. The molecule has 0 aromatic heterocycles. The van der Waals surface area contributed by atoms with Crippen LogP contribution in [0.25, 0.3) is 0 Å². The van der Waals surface area contributed by atoms with Crippen molar-refractivity contribution in [2.24, 2.45) is 5.41 Å². The maximum atomic E-state index is 10.8. The van der Waals surface area contributed by atoms with Gasteiger partial charge in [0.1, 0.15) is 0 Å². The van der Waals surface area contributed by atoms with Gasteiger partial charge in [0.05, 0.1) is 18.1 Å². The van der Waals surface area contributed by atoms with Crippen molar-refractivity contribution in [2.75, 3.05) is 6.61 Å². The zero-order chi connectivity index (χ0) is 17.9. The lowest BCUT2D eigenvalue weighted by Gasteiger charge is -2.23. The van der Waals surface area contributed by atoms with Crippen molar-refractivity contribution < 1.29 is 30.0 Å². The number of aliphatic hydroxyl groups is 2. The molecule has 4 N–H and O–H groups in total. The average molecular weight is 328 g/mol. The van der Waals surface area contributed by atoms with Crippen molar-refractivity contribution in [1.29, 1.82) is 0 Å². The normalized spacial score (nSPS) is 21.0. The molecule has 132 valence electrons. The molecule has 0 aromatic rings. The SMILES string of the molecule is CC1(C(=O)O)C=CC=C(C(=O)O)C1.CCCCCCC(O)CO. The molecule has 2 unspecified atom stereocenters. The molecule has 0 saturated heterocycles. The van der Waals surface area contributed by atoms with Crippen molar-refractivity contribution >= 4 is 11.9 Å². The zero-order valence-corrected chi connectivity index (χ0v) is 13.9. The molecule has 1 aliphatic rings. The fourth-order valence-corrected chi connectivity index (χ4v) is 2.08. The first-order valence-electron chi connectivity index (χ1n) is 7.90. The lowest BCUT2D eigenvalue weighted by molar-refractivity contribution is -0.145. The molecular weight excluding hydrogens is 300 g/mol. The summed E-state index contributed by atoms with van der Waals surface area (Å²) in [7, 11) is 0. The van der Waals surface area contributed by atoms with Gasteiger partial charge in [-0.05, 0) is 19.8 Å². The van der Waals surface area contributed by atoms with E-state index in [4.69, 9.17) is 20.4 Å². The molecule has 0 saturated carbocycles. The molecule has 0 fully saturated rings. The number of aliphatic carboxylic acids is 2. The predicted octanol–water partition coefficient (Wildman–Crippen LogP) is 2.36. The minimum atomic E-state index is -1.08. The summed E-state index contributed by atoms with van der Waals surface area (Å²) in [6.45, 7) is 3.57. The molecule has 0 heterocycles. The number of hydrogen-bond donors (Lipinski definition) is 4. The second kappa shape index (κ2) is 11.0. The Balaban J connectivity index is 0.000000438. The van der Waals surface area contributed by atoms with Crippen LogP contribution in [0, 0.1) is 5.41 Å². The Morgan fingerprint density at radius 3 is 2.39 bits per heavy atom. The standard InChI is InChI=1S/C9H10O4.C8H18O2/c1-9(8(12)13)4-2-3-6(5-9)7(10)11;1-2-3-4-5-6-8(10)7-9/h2-4H,5H2,1H3,(H,10,11)(H,12,13);8-10H,2-7H2,1H3. The Morgan fingerprint density at radius 1 is 1.26 bits per heavy atom. The van der Waals surface area contributed by atoms with Crippen LogP contribution in [0.4, 0.5) is 0 Å². The fraction of sp³-hybridized carbons (Fsp3) is 0.647. The lowest BCUT2D eigenvalue weighted by Crippen LogP contribution is -2.28. The minimum Gasteiger partial charge on any atom is -0.481 e. The second-order valence-electron chi connectivity index (χ2n) is 5.94. The third-order valence-electron chi connectivity index (χ3n) is 3.68. The van der Waals surface area contributed by atoms with E-state index in [-0.39, 0.29) is 18.6 Å². The predicted molar refractivity (Wildman–Crippen MR) is 87.1 cm³/mol. The summed E-state index contributed by atoms with van der Waals surface area (Å²) >= 11 is 0. The van der Waals surface area contributed by atoms with Gasteiger partial charge >= 0.3 is 11.9 Å². The summed E-state index contributed by atoms with van der Waals surface area (Å²) in [6, 6.07) is 0. The first kappa shape index (κ1) is 21.3. The van der Waals surface area contributed by atoms with E-state index in [9.17, 15) is 9.59 Å². The first-order valence-corrected chi connectivity index (χ1v) is 7.90. The van der Waals surface area contributed by atoms with Crippen LogP contribution in [0.1, 0.15) is 52.4 Å². The summed E-state index contributed by atoms with van der Waals surface area (Å²) in [5.41, 5.74) is -0.949. The molecule has 0 aromatic carbocycles. The molecule has 23 heavy (non-hydrogen) atoms. The van der Waals surface area contributed by atoms with Gasteiger partial charge in [-0.3, -0.25) is 4.79 Å². The van der Waals surface area contributed by atoms with E-state index in [0.29, 0.717) is 0 Å². The van der Waals surface area contributed by atoms with Crippen LogP contribution in [0.5, 0.6) is 0 Å². The number of rotatable bonds is 8. The summed E-state index contributed by atoms with van der Waals surface area (Å²) in [4.78, 5) is 21.3. The van der Waals surface area contributed by atoms with Gasteiger partial charge < -0.3 is 20.4 Å². The van der Waals surface area contributed by atoms with Gasteiger partial charge in [-0.2, -0.15) is 0 Å². The Bertz CT molecular complexity index is 440. The fourth-order valence-electron chi connectivity index (χ4n) is 2.08. The Morgan fingerprint density at radius 2 is 1.91 bits per heavy atom. The molecule has 6 nitrogen and oxygen atoms in total. The van der Waals surface area contributed by atoms with E-state index < -0.39 is 23.5 Å². The van der Waals surface area contributed by atoms with Crippen LogP contribution in [0.15, 0.2) is 23.8 Å². The molecule has 0 spiro atoms. The van der Waals surface area contributed by atoms with Crippen LogP contribution in [-0.4, -0.2) is 45.1 Å². The van der Waals surface area contributed by atoms with Gasteiger partial charge in [-0.1, -0.05) is 50.8 Å². The van der Waals surface area contributed by atoms with Gasteiger partial charge in [-0.25, -0.2) is 4.79 Å². The topological polar surface area (TPSA) is 115 Å². The van der Waals surface area contributed by atoms with Crippen molar-refractivity contribution in [1.82, 2.24) is 0 Å². The number of hydrogen-bond acceptors (Lipinski definition) is 4. The van der Waals surface area contributed by atoms with Gasteiger partial charge in [0.2, 0.25) is 0 Å². The molecule has 0 amide bonds. The Kier molecular flexibility index (Phi) is 10.2. The molecule has 1 aliphatic carbocycles. The highest BCUT2D eigenvalue weighted by molar-refractivity contribution is 5.90. The van der Waals surface area contributed by atoms with Gasteiger partial charge in [-0.15, -0.1) is 0 Å². The molecule has 6 heteroatoms. The highest BCUT2D eigenvalue weighted by Gasteiger charge is 2.34. The van der Waals surface area contributed by atoms with E-state index in [1.165, 1.54) is 44.4 Å². The van der Waals surface area contributed by atoms with Crippen molar-refractivity contribution in [3.8, 4) is 0 Å². The Labute approximate surface area is 137 Å². The van der Waals surface area contributed by atoms with E-state index in [1.807, 2.05) is 0 Å². The second-order valence-corrected chi connectivity index (χ2v) is 5.94. The maximum Gasteiger partial charge on any atom is 0.331 e. The molecule has 1 rings (SSSR count). The van der Waals surface area contributed by atoms with Gasteiger partial charge in [0.15, 0.2) is 0 Å². The van der Waals surface area contributed by atoms with Crippen LogP contribution in [0.2, 0.25) is 0 Å². The van der Waals surface area contributed by atoms with E-state index in [0.717, 1.165) is 12.8 Å². The summed E-state index contributed by atoms with van der Waals surface area (Å²) in [6.07, 6.45) is 9.36. The van der Waals surface area contributed by atoms with Crippen molar-refractivity contribution in [3.05, 3.63) is 23.8 Å². The average Bonchev–Trinajstić information content (AvgIpc) is 2.51. The Hall–Kier alpha value is -1.66. The van der Waals surface area contributed by atoms with Crippen LogP contribution in [-0.2, 0) is 9.59 Å². The lowest BCUT2D eigenvalue weighted by atomic mass is 9.80. The molecule has 0 bridgehead atoms. The van der Waals surface area contributed by atoms with Gasteiger partial charge in [0.25, 0.3) is 0 Å². The summed E-state index contributed by atoms with van der Waals surface area (Å²) < 4.78 is 0. The summed E-state index contributed by atoms with van der Waals surface area (Å²) in [5, 5.41) is 34.8. The number of carboxylic acids is 2. The smallest absolute Gasteiger partial charge is 0.331 e. The van der Waals surface area contributed by atoms with Crippen molar-refractivity contribution in [3.63, 3.8) is 0 Å². The number of carboxylic acid groups (broad SMARTS) is 2. The monoisotopic (exact) mass is 328 g/mol. The van der Waals surface area contributed by atoms with Crippen LogP contribution >= 0.6 is 0 Å². The van der Waals surface area contributed by atoms with E-state index in [1.54, 1.807) is 0 Å². The summed E-state index contributed by atoms with van der Waals surface area (Å²) in [5.74, 6) is -2.06. The quantitative estimate of drug-likeness (QED) is 0.508. The molecule has 0 radical (unpaired) electrons. The van der Waals surface area contributed by atoms with Gasteiger partial charge in [0, 0.05) is 5.57 Å². The van der Waals surface area contributed by atoms with E-state index >= 15 is 0 Å². The van der Waals surface area contributed by atoms with Crippen molar-refractivity contribution in [2.45, 2.75) is 58.5 Å². The number of allylic oxidation sites excluding steroid dienone is 2.